The maximum Gasteiger partial charge on any atom is 0.346 e. The van der Waals surface area contributed by atoms with Crippen molar-refractivity contribution >= 4 is 29.3 Å². The number of oxime groups is 1. The Morgan fingerprint density at radius 3 is 2.73 bits per heavy atom. The van der Waals surface area contributed by atoms with Gasteiger partial charge in [0.1, 0.15) is 23.2 Å². The Balaban J connectivity index is 2.48. The minimum absolute atomic E-state index is 0.0624. The van der Waals surface area contributed by atoms with Crippen LogP contribution in [0.5, 0.6) is 11.5 Å². The van der Waals surface area contributed by atoms with Gasteiger partial charge in [0.15, 0.2) is 0 Å². The number of nitrogens with zero attached hydrogens (tertiary/aromatic N) is 1. The third-order valence-corrected chi connectivity index (χ3v) is 4.65. The molecule has 8 nitrogen and oxygen atoms in total. The van der Waals surface area contributed by atoms with Gasteiger partial charge in [0.2, 0.25) is 6.61 Å². The number of methoxy groups -OCH3 is 1. The van der Waals surface area contributed by atoms with Crippen molar-refractivity contribution in [2.75, 3.05) is 13.7 Å². The number of esters is 2. The number of phenols is 2. The number of carbonyl (C=O) groups excluding carboxylic acids is 2. The molecule has 1 aromatic rings. The number of ether oxygens (including phenoxy) is 2. The van der Waals surface area contributed by atoms with Gasteiger partial charge in [0.05, 0.1) is 17.8 Å². The summed E-state index contributed by atoms with van der Waals surface area (Å²) in [6, 6.07) is 0.983. The van der Waals surface area contributed by atoms with E-state index >= 15 is 0 Å². The second kappa shape index (κ2) is 11.3. The molecule has 9 heteroatoms. The average molecular weight is 438 g/mol. The van der Waals surface area contributed by atoms with Gasteiger partial charge in [0.25, 0.3) is 0 Å². The third-order valence-electron chi connectivity index (χ3n) is 4.23. The molecule has 0 fully saturated rings. The summed E-state index contributed by atoms with van der Waals surface area (Å²) in [7, 11) is 1.22. The summed E-state index contributed by atoms with van der Waals surface area (Å²) < 4.78 is 9.92. The van der Waals surface area contributed by atoms with Crippen LogP contribution in [0.3, 0.4) is 0 Å². The van der Waals surface area contributed by atoms with E-state index in [9.17, 15) is 19.8 Å². The molecule has 30 heavy (non-hydrogen) atoms. The number of hydrogen-bond acceptors (Lipinski definition) is 8. The van der Waals surface area contributed by atoms with Crippen molar-refractivity contribution in [2.45, 2.75) is 38.7 Å². The van der Waals surface area contributed by atoms with Crippen LogP contribution in [0.1, 0.15) is 42.1 Å². The minimum atomic E-state index is -0.777. The zero-order valence-electron chi connectivity index (χ0n) is 16.8. The summed E-state index contributed by atoms with van der Waals surface area (Å²) in [5, 5.41) is 24.1. The van der Waals surface area contributed by atoms with Crippen LogP contribution >= 0.6 is 11.6 Å². The Bertz CT molecular complexity index is 877. The topological polar surface area (TPSA) is 115 Å². The largest absolute Gasteiger partial charge is 0.507 e. The van der Waals surface area contributed by atoms with E-state index in [4.69, 9.17) is 21.2 Å². The van der Waals surface area contributed by atoms with Gasteiger partial charge in [-0.2, -0.15) is 0 Å². The van der Waals surface area contributed by atoms with E-state index < -0.39 is 36.1 Å². The van der Waals surface area contributed by atoms with E-state index in [0.717, 1.165) is 12.5 Å². The fourth-order valence-corrected chi connectivity index (χ4v) is 2.93. The summed E-state index contributed by atoms with van der Waals surface area (Å²) >= 11 is 6.23. The van der Waals surface area contributed by atoms with Crippen LogP contribution in [0, 0.1) is 0 Å². The van der Waals surface area contributed by atoms with E-state index in [-0.39, 0.29) is 22.6 Å². The summed E-state index contributed by atoms with van der Waals surface area (Å²) in [5.74, 6) is -2.25. The Morgan fingerprint density at radius 2 is 2.00 bits per heavy atom. The van der Waals surface area contributed by atoms with E-state index in [0.29, 0.717) is 18.6 Å². The normalized spacial score (nSPS) is 21.1. The van der Waals surface area contributed by atoms with Gasteiger partial charge in [0, 0.05) is 18.9 Å². The molecule has 1 heterocycles. The van der Waals surface area contributed by atoms with Crippen LogP contribution in [-0.2, 0) is 25.5 Å². The molecule has 0 spiro atoms. The molecule has 2 rings (SSSR count). The van der Waals surface area contributed by atoms with Crippen LogP contribution in [-0.4, -0.2) is 47.7 Å². The Kier molecular flexibility index (Phi) is 8.73. The van der Waals surface area contributed by atoms with Crippen LogP contribution < -0.4 is 0 Å². The first-order chi connectivity index (χ1) is 14.3. The minimum Gasteiger partial charge on any atom is -0.507 e. The first-order valence-corrected chi connectivity index (χ1v) is 9.72. The number of benzene rings is 1. The zero-order valence-corrected chi connectivity index (χ0v) is 17.5. The number of allylic oxidation sites excluding steroid dienone is 3. The van der Waals surface area contributed by atoms with Crippen molar-refractivity contribution < 1.29 is 34.1 Å². The molecule has 1 aliphatic rings. The van der Waals surface area contributed by atoms with Crippen LogP contribution in [0.15, 0.2) is 35.5 Å². The summed E-state index contributed by atoms with van der Waals surface area (Å²) in [5.41, 5.74) is 0.276. The molecule has 1 unspecified atom stereocenters. The quantitative estimate of drug-likeness (QED) is 0.421. The molecule has 0 saturated heterocycles. The molecule has 0 aromatic heterocycles. The highest BCUT2D eigenvalue weighted by molar-refractivity contribution is 6.33. The molecule has 1 atom stereocenters. The molecule has 0 radical (unpaired) electrons. The van der Waals surface area contributed by atoms with Gasteiger partial charge in [-0.25, -0.2) is 9.59 Å². The van der Waals surface area contributed by atoms with Gasteiger partial charge in [-0.1, -0.05) is 35.0 Å². The number of cyclic esters (lactones) is 1. The lowest BCUT2D eigenvalue weighted by atomic mass is 9.99. The van der Waals surface area contributed by atoms with Crippen molar-refractivity contribution in [3.63, 3.8) is 0 Å². The highest BCUT2D eigenvalue weighted by atomic mass is 35.5. The number of hydrogen-bond donors (Lipinski definition) is 2. The number of halogens is 1. The van der Waals surface area contributed by atoms with Crippen LogP contribution in [0.25, 0.3) is 0 Å². The third kappa shape index (κ3) is 6.52. The number of aromatic hydroxyl groups is 2. The first kappa shape index (κ1) is 23.3. The predicted molar refractivity (Wildman–Crippen MR) is 111 cm³/mol. The predicted octanol–water partition coefficient (Wildman–Crippen LogP) is 3.68. The summed E-state index contributed by atoms with van der Waals surface area (Å²) in [6.07, 6.45) is 8.92. The van der Waals surface area contributed by atoms with Gasteiger partial charge in [-0.15, -0.1) is 0 Å². The van der Waals surface area contributed by atoms with Crippen LogP contribution in [0.4, 0.5) is 0 Å². The molecule has 1 aliphatic heterocycles. The fourth-order valence-electron chi connectivity index (χ4n) is 2.71. The fraction of sp³-hybridized carbons (Fsp3) is 0.381. The number of fused-ring (bicyclic) bond motifs is 1. The van der Waals surface area contributed by atoms with Gasteiger partial charge < -0.3 is 24.5 Å². The van der Waals surface area contributed by atoms with Crippen molar-refractivity contribution in [1.82, 2.24) is 0 Å². The van der Waals surface area contributed by atoms with Gasteiger partial charge in [-0.05, 0) is 31.4 Å². The molecule has 0 amide bonds. The van der Waals surface area contributed by atoms with E-state index in [1.165, 1.54) is 7.11 Å². The molecule has 0 aliphatic carbocycles. The van der Waals surface area contributed by atoms with Crippen molar-refractivity contribution in [3.05, 3.63) is 46.5 Å². The second-order valence-electron chi connectivity index (χ2n) is 6.59. The Morgan fingerprint density at radius 1 is 1.27 bits per heavy atom. The summed E-state index contributed by atoms with van der Waals surface area (Å²) in [6.45, 7) is 1.34. The lowest BCUT2D eigenvalue weighted by Gasteiger charge is -2.17. The zero-order chi connectivity index (χ0) is 22.1. The monoisotopic (exact) mass is 437 g/mol. The van der Waals surface area contributed by atoms with Gasteiger partial charge >= 0.3 is 11.9 Å². The van der Waals surface area contributed by atoms with E-state index in [2.05, 4.69) is 9.89 Å². The highest BCUT2D eigenvalue weighted by Crippen LogP contribution is 2.37. The maximum absolute atomic E-state index is 12.7. The van der Waals surface area contributed by atoms with E-state index in [1.807, 2.05) is 18.2 Å². The van der Waals surface area contributed by atoms with E-state index in [1.54, 1.807) is 13.0 Å². The molecule has 2 N–H and O–H groups in total. The summed E-state index contributed by atoms with van der Waals surface area (Å²) in [4.78, 5) is 29.0. The molecule has 162 valence electrons. The molecular weight excluding hydrogens is 414 g/mol. The highest BCUT2D eigenvalue weighted by Gasteiger charge is 2.25. The van der Waals surface area contributed by atoms with Crippen LogP contribution in [0.2, 0.25) is 5.02 Å². The van der Waals surface area contributed by atoms with Gasteiger partial charge in [-0.3, -0.25) is 0 Å². The first-order valence-electron chi connectivity index (χ1n) is 9.35. The Hall–Kier alpha value is -3.00. The second-order valence-corrected chi connectivity index (χ2v) is 6.97. The number of phenolic OH excluding ortho intramolecular Hbond substituents is 2. The van der Waals surface area contributed by atoms with Crippen molar-refractivity contribution in [2.24, 2.45) is 5.16 Å². The maximum atomic E-state index is 12.7. The molecule has 0 bridgehead atoms. The number of rotatable bonds is 3. The van der Waals surface area contributed by atoms with Crippen molar-refractivity contribution in [1.29, 1.82) is 0 Å². The number of carbonyl (C=O) groups is 2. The SMILES string of the molecule is COC(=O)CO/N=C1\C=C\CC/C=C/CC(C)OC(=O)c2c(O)cc(O)c(Cl)c2C1. The molecule has 0 saturated carbocycles. The Labute approximate surface area is 179 Å². The average Bonchev–Trinajstić information content (AvgIpc) is 2.69. The molecule has 1 aromatic carbocycles. The standard InChI is InChI=1S/C21H24ClNO7/c1-13-8-6-4-3-5-7-9-14(23-29-12-18(26)28-2)10-15-19(21(27)30-13)16(24)11-17(25)20(15)22/h4,6-7,9,11,13,24-25H,3,5,8,10,12H2,1-2H3/b6-4+,9-7+,23-14+. The molecular formula is C21H24ClNO7. The smallest absolute Gasteiger partial charge is 0.346 e. The lowest BCUT2D eigenvalue weighted by molar-refractivity contribution is -0.145. The lowest BCUT2D eigenvalue weighted by Crippen LogP contribution is -2.18. The van der Waals surface area contributed by atoms with Crippen molar-refractivity contribution in [3.8, 4) is 11.5 Å².